The van der Waals surface area contributed by atoms with E-state index < -0.39 is 0 Å². The molecule has 3 heterocycles. The Morgan fingerprint density at radius 3 is 2.95 bits per heavy atom. The van der Waals surface area contributed by atoms with Gasteiger partial charge in [-0.1, -0.05) is 30.3 Å². The van der Waals surface area contributed by atoms with Crippen molar-refractivity contribution >= 4 is 0 Å². The number of hydrogen-bond acceptors (Lipinski definition) is 3. The first kappa shape index (κ1) is 13.3. The minimum Gasteiger partial charge on any atom is -0.347 e. The number of aromatic nitrogens is 4. The van der Waals surface area contributed by atoms with Crippen LogP contribution < -0.4 is 0 Å². The fraction of sp³-hybridized carbons (Fsp3) is 0.294. The smallest absolute Gasteiger partial charge is 0.0951 e. The monoisotopic (exact) mass is 293 g/mol. The second-order valence-corrected chi connectivity index (χ2v) is 5.79. The summed E-state index contributed by atoms with van der Waals surface area (Å²) < 4.78 is 2.23. The van der Waals surface area contributed by atoms with E-state index in [-0.39, 0.29) is 0 Å². The topological polar surface area (TPSA) is 49.7 Å². The van der Waals surface area contributed by atoms with Crippen LogP contribution in [0.1, 0.15) is 22.6 Å². The number of rotatable bonds is 4. The Labute approximate surface area is 129 Å². The lowest BCUT2D eigenvalue weighted by molar-refractivity contribution is 0.236. The Bertz CT molecular complexity index is 743. The normalized spacial score (nSPS) is 14.9. The maximum absolute atomic E-state index is 4.36. The van der Waals surface area contributed by atoms with E-state index in [0.717, 1.165) is 32.6 Å². The largest absolute Gasteiger partial charge is 0.347 e. The van der Waals surface area contributed by atoms with Gasteiger partial charge >= 0.3 is 0 Å². The first-order chi connectivity index (χ1) is 10.9. The van der Waals surface area contributed by atoms with Crippen LogP contribution in [0.15, 0.2) is 49.2 Å². The van der Waals surface area contributed by atoms with Crippen molar-refractivity contribution in [2.45, 2.75) is 26.1 Å². The lowest BCUT2D eigenvalue weighted by Gasteiger charge is -2.26. The zero-order chi connectivity index (χ0) is 14.8. The van der Waals surface area contributed by atoms with Gasteiger partial charge in [-0.2, -0.15) is 0 Å². The highest BCUT2D eigenvalue weighted by atomic mass is 15.2. The lowest BCUT2D eigenvalue weighted by Crippen LogP contribution is -2.31. The average molecular weight is 293 g/mol. The van der Waals surface area contributed by atoms with Crippen LogP contribution in [0.5, 0.6) is 0 Å². The molecule has 1 aromatic carbocycles. The van der Waals surface area contributed by atoms with Gasteiger partial charge in [0.1, 0.15) is 0 Å². The molecule has 112 valence electrons. The van der Waals surface area contributed by atoms with Gasteiger partial charge in [0.25, 0.3) is 0 Å². The summed E-state index contributed by atoms with van der Waals surface area (Å²) in [6.45, 7) is 3.78. The summed E-state index contributed by atoms with van der Waals surface area (Å²) in [6.07, 6.45) is 6.72. The lowest BCUT2D eigenvalue weighted by atomic mass is 10.1. The minimum absolute atomic E-state index is 0.874. The number of fused-ring (bicyclic) bond motifs is 1. The van der Waals surface area contributed by atoms with Crippen molar-refractivity contribution in [2.24, 2.45) is 0 Å². The molecular formula is C17H19N5. The van der Waals surface area contributed by atoms with Gasteiger partial charge < -0.3 is 9.55 Å². The van der Waals surface area contributed by atoms with Crippen molar-refractivity contribution in [3.63, 3.8) is 0 Å². The van der Waals surface area contributed by atoms with E-state index in [1.807, 2.05) is 18.6 Å². The summed E-state index contributed by atoms with van der Waals surface area (Å²) >= 11 is 0. The number of H-pyrrole nitrogens is 1. The van der Waals surface area contributed by atoms with Crippen molar-refractivity contribution in [1.82, 2.24) is 24.4 Å². The first-order valence-corrected chi connectivity index (χ1v) is 7.65. The molecule has 3 aromatic rings. The van der Waals surface area contributed by atoms with Crippen molar-refractivity contribution < 1.29 is 0 Å². The molecular weight excluding hydrogens is 274 g/mol. The fourth-order valence-electron chi connectivity index (χ4n) is 3.03. The Kier molecular flexibility index (Phi) is 3.48. The third-order valence-electron chi connectivity index (χ3n) is 4.23. The molecule has 1 aliphatic heterocycles. The van der Waals surface area contributed by atoms with Crippen molar-refractivity contribution in [1.29, 1.82) is 0 Å². The zero-order valence-corrected chi connectivity index (χ0v) is 12.4. The zero-order valence-electron chi connectivity index (χ0n) is 12.4. The van der Waals surface area contributed by atoms with Gasteiger partial charge in [0, 0.05) is 38.8 Å². The van der Waals surface area contributed by atoms with E-state index in [1.165, 1.54) is 22.6 Å². The van der Waals surface area contributed by atoms with Crippen LogP contribution in [0.3, 0.4) is 0 Å². The highest BCUT2D eigenvalue weighted by molar-refractivity contribution is 5.17. The molecule has 5 heteroatoms. The molecule has 0 saturated heterocycles. The predicted molar refractivity (Wildman–Crippen MR) is 84.2 cm³/mol. The summed E-state index contributed by atoms with van der Waals surface area (Å²) in [5, 5.41) is 0. The van der Waals surface area contributed by atoms with Gasteiger partial charge in [-0.15, -0.1) is 0 Å². The van der Waals surface area contributed by atoms with Gasteiger partial charge in [-0.05, 0) is 5.56 Å². The predicted octanol–water partition coefficient (Wildman–Crippen LogP) is 2.21. The van der Waals surface area contributed by atoms with Crippen LogP contribution in [-0.2, 0) is 26.1 Å². The minimum atomic E-state index is 0.874. The molecule has 1 aliphatic rings. The summed E-state index contributed by atoms with van der Waals surface area (Å²) in [6, 6.07) is 10.5. The molecule has 0 saturated carbocycles. The first-order valence-electron chi connectivity index (χ1n) is 7.65. The van der Waals surface area contributed by atoms with Crippen LogP contribution >= 0.6 is 0 Å². The molecule has 0 aliphatic carbocycles. The SMILES string of the molecule is c1ccc(Cn2cncc2CN2CCc3nc[nH]c3C2)cc1. The Hall–Kier alpha value is -2.40. The van der Waals surface area contributed by atoms with Crippen molar-refractivity contribution in [3.8, 4) is 0 Å². The standard InChI is InChI=1S/C17H19N5/c1-2-4-14(5-3-1)9-22-13-18-8-15(22)10-21-7-6-16-17(11-21)20-12-19-16/h1-5,8,12-13H,6-7,9-11H2,(H,19,20). The molecule has 0 radical (unpaired) electrons. The summed E-state index contributed by atoms with van der Waals surface area (Å²) in [4.78, 5) is 14.4. The van der Waals surface area contributed by atoms with Crippen molar-refractivity contribution in [3.05, 3.63) is 71.8 Å². The second kappa shape index (κ2) is 5.77. The van der Waals surface area contributed by atoms with E-state index in [1.54, 1.807) is 6.33 Å². The van der Waals surface area contributed by atoms with Crippen LogP contribution in [0.2, 0.25) is 0 Å². The average Bonchev–Trinajstić information content (AvgIpc) is 3.18. The molecule has 0 fully saturated rings. The van der Waals surface area contributed by atoms with E-state index >= 15 is 0 Å². The van der Waals surface area contributed by atoms with E-state index in [2.05, 4.69) is 48.7 Å². The van der Waals surface area contributed by atoms with Gasteiger partial charge in [0.15, 0.2) is 0 Å². The molecule has 1 N–H and O–H groups in total. The molecule has 0 unspecified atom stereocenters. The van der Waals surface area contributed by atoms with Crippen LogP contribution in [0.25, 0.3) is 0 Å². The Balaban J connectivity index is 1.47. The van der Waals surface area contributed by atoms with E-state index in [9.17, 15) is 0 Å². The van der Waals surface area contributed by atoms with Gasteiger partial charge in [0.05, 0.1) is 29.7 Å². The van der Waals surface area contributed by atoms with E-state index in [4.69, 9.17) is 0 Å². The molecule has 0 spiro atoms. The maximum Gasteiger partial charge on any atom is 0.0951 e. The van der Waals surface area contributed by atoms with Gasteiger partial charge in [-0.3, -0.25) is 4.90 Å². The third kappa shape index (κ3) is 2.67. The van der Waals surface area contributed by atoms with Crippen LogP contribution in [-0.4, -0.2) is 31.0 Å². The molecule has 0 atom stereocenters. The number of benzene rings is 1. The van der Waals surface area contributed by atoms with Crippen LogP contribution in [0, 0.1) is 0 Å². The third-order valence-corrected chi connectivity index (χ3v) is 4.23. The maximum atomic E-state index is 4.36. The molecule has 2 aromatic heterocycles. The summed E-state index contributed by atoms with van der Waals surface area (Å²) in [5.74, 6) is 0. The quantitative estimate of drug-likeness (QED) is 0.802. The molecule has 5 nitrogen and oxygen atoms in total. The molecule has 22 heavy (non-hydrogen) atoms. The summed E-state index contributed by atoms with van der Waals surface area (Å²) in [7, 11) is 0. The summed E-state index contributed by atoms with van der Waals surface area (Å²) in [5.41, 5.74) is 5.03. The number of nitrogens with zero attached hydrogens (tertiary/aromatic N) is 4. The number of imidazole rings is 2. The molecule has 0 amide bonds. The van der Waals surface area contributed by atoms with Crippen molar-refractivity contribution in [2.75, 3.05) is 6.54 Å². The van der Waals surface area contributed by atoms with Gasteiger partial charge in [-0.25, -0.2) is 9.97 Å². The Morgan fingerprint density at radius 2 is 2.05 bits per heavy atom. The highest BCUT2D eigenvalue weighted by Crippen LogP contribution is 2.17. The highest BCUT2D eigenvalue weighted by Gasteiger charge is 2.19. The van der Waals surface area contributed by atoms with Gasteiger partial charge in [0.2, 0.25) is 0 Å². The molecule has 4 rings (SSSR count). The number of hydrogen-bond donors (Lipinski definition) is 1. The fourth-order valence-corrected chi connectivity index (χ4v) is 3.03. The Morgan fingerprint density at radius 1 is 1.14 bits per heavy atom. The molecule has 0 bridgehead atoms. The number of nitrogens with one attached hydrogen (secondary N) is 1. The van der Waals surface area contributed by atoms with Crippen LogP contribution in [0.4, 0.5) is 0 Å². The second-order valence-electron chi connectivity index (χ2n) is 5.79. The van der Waals surface area contributed by atoms with E-state index in [0.29, 0.717) is 0 Å². The number of aromatic amines is 1.